The third-order valence-electron chi connectivity index (χ3n) is 14.7. The molecule has 0 aliphatic carbocycles. The molecular weight excluding hydrogens is 1180 g/mol. The first-order chi connectivity index (χ1) is 41.5. The first-order valence-corrected chi connectivity index (χ1v) is 30.3. The fourth-order valence-corrected chi connectivity index (χ4v) is 9.92. The molecule has 0 amide bonds. The van der Waals surface area contributed by atoms with E-state index in [1.54, 1.807) is 18.2 Å². The van der Waals surface area contributed by atoms with Crippen LogP contribution in [0.15, 0.2) is 24.3 Å². The number of methoxy groups -OCH3 is 3. The fraction of sp³-hybridized carbons (Fsp3) is 0.649. The molecule has 0 unspecified atom stereocenters. The Balaban J connectivity index is 0.000000174. The van der Waals surface area contributed by atoms with Crippen LogP contribution in [0, 0.1) is 17.8 Å². The maximum absolute atomic E-state index is 11.9. The van der Waals surface area contributed by atoms with Gasteiger partial charge in [0, 0.05) is 93.3 Å². The average molecular weight is 1260 g/mol. The van der Waals surface area contributed by atoms with Gasteiger partial charge in [-0.25, -0.2) is 59.0 Å². The number of hydrogen-bond acceptors (Lipinski definition) is 25. The number of ether oxygens (including phenoxy) is 7. The van der Waals surface area contributed by atoms with Crippen LogP contribution < -0.4 is 15.5 Å². The van der Waals surface area contributed by atoms with Gasteiger partial charge in [-0.15, -0.1) is 0 Å². The Morgan fingerprint density at radius 1 is 0.477 bits per heavy atom. The first-order valence-electron chi connectivity index (χ1n) is 29.2. The van der Waals surface area contributed by atoms with Gasteiger partial charge in [0.15, 0.2) is 22.8 Å². The largest absolute Gasteiger partial charge is 0.477 e. The predicted octanol–water partition coefficient (Wildman–Crippen LogP) is 4.61. The van der Waals surface area contributed by atoms with E-state index < -0.39 is 23.9 Å². The molecule has 0 spiro atoms. The maximum Gasteiger partial charge on any atom is 0.356 e. The second kappa shape index (κ2) is 36.6. The van der Waals surface area contributed by atoms with E-state index in [-0.39, 0.29) is 32.8 Å². The van der Waals surface area contributed by atoms with E-state index in [2.05, 4.69) is 94.6 Å². The van der Waals surface area contributed by atoms with Crippen LogP contribution in [0.2, 0.25) is 15.7 Å². The molecule has 0 atom stereocenters. The summed E-state index contributed by atoms with van der Waals surface area (Å²) in [5.74, 6) is 0.0632. The van der Waals surface area contributed by atoms with Crippen molar-refractivity contribution < 1.29 is 57.4 Å². The Hall–Kier alpha value is -5.65. The zero-order chi connectivity index (χ0) is 62.0. The number of piperidine rings is 1. The normalized spacial score (nSPS) is 18.3. The van der Waals surface area contributed by atoms with Crippen molar-refractivity contribution in [1.29, 1.82) is 0 Å². The number of carboxylic acid groups (broad SMARTS) is 1. The number of aromatic nitrogens is 8. The lowest BCUT2D eigenvalue weighted by molar-refractivity contribution is -0.0316. The van der Waals surface area contributed by atoms with Crippen molar-refractivity contribution >= 4 is 70.6 Å². The number of carbonyl (C=O) groups is 4. The van der Waals surface area contributed by atoms with Crippen molar-refractivity contribution in [2.45, 2.75) is 65.3 Å². The number of carbonyl (C=O) groups excluding carboxylic acids is 3. The van der Waals surface area contributed by atoms with Crippen LogP contribution in [0.1, 0.15) is 99.1 Å². The minimum absolute atomic E-state index is 0.0440. The van der Waals surface area contributed by atoms with Gasteiger partial charge < -0.3 is 68.5 Å². The van der Waals surface area contributed by atoms with Crippen LogP contribution in [0.3, 0.4) is 0 Å². The number of carboxylic acids is 1. The topological polar surface area (TPSA) is 298 Å². The number of piperazine rings is 2. The standard InChI is InChI=1S/C16H24N4O3.C15H22N4O3.C10H11ClN2O3.C7H15N.C6H4Cl2N2O2.C3H7NO/c1-3-19-4-6-20(7-5-19)16-17-13(8-12-10-23-11-12)9-14(18-16)15(21)22-2;1-2-18-3-5-19(6-4-18)15-16-12(7-11-9-22-10-11)8-13(17-15)14(20)21;1-15-9(14)8-3-7(12-10(11)13-8)2-6-4-16-5-6;1-2-8-6-4-3-5-7-8;1-12-5(11)3-2-4(7)10-6(8)9-3;4-3-1-5-2-3/h9,12H,3-8,10-11H2,1-2H3;8,11H,2-7,9-10H2,1H3,(H,20,21);3,6H,2,4-5H2,1H3;2-7H2,1H3;2H,1H3;3H,1-2,4H2. The van der Waals surface area contributed by atoms with E-state index in [9.17, 15) is 24.3 Å². The molecule has 7 saturated heterocycles. The van der Waals surface area contributed by atoms with Gasteiger partial charge in [-0.05, 0) is 106 Å². The van der Waals surface area contributed by atoms with Crippen LogP contribution in [0.5, 0.6) is 0 Å². The van der Waals surface area contributed by atoms with E-state index >= 15 is 0 Å². The Labute approximate surface area is 518 Å². The van der Waals surface area contributed by atoms with Gasteiger partial charge in [0.1, 0.15) is 5.15 Å². The molecule has 0 saturated carbocycles. The van der Waals surface area contributed by atoms with Crippen molar-refractivity contribution in [2.24, 2.45) is 23.5 Å². The van der Waals surface area contributed by atoms with Crippen molar-refractivity contribution in [3.8, 4) is 0 Å². The molecular formula is C57H83Cl3N14O12. The third-order valence-corrected chi connectivity index (χ3v) is 15.3. The lowest BCUT2D eigenvalue weighted by atomic mass is 10.0. The highest BCUT2D eigenvalue weighted by atomic mass is 35.5. The van der Waals surface area contributed by atoms with Gasteiger partial charge in [-0.3, -0.25) is 0 Å². The van der Waals surface area contributed by atoms with Crippen LogP contribution in [0.4, 0.5) is 11.9 Å². The van der Waals surface area contributed by atoms with Crippen molar-refractivity contribution in [2.75, 3.05) is 169 Å². The molecule has 7 aliphatic rings. The summed E-state index contributed by atoms with van der Waals surface area (Å²) in [5.41, 5.74) is 8.34. The lowest BCUT2D eigenvalue weighted by Crippen LogP contribution is -2.47. The minimum atomic E-state index is -0.998. The Bertz CT molecular complexity index is 2740. The number of likely N-dealkylation sites (tertiary alicyclic amines) is 1. The molecule has 26 nitrogen and oxygen atoms in total. The van der Waals surface area contributed by atoms with E-state index in [1.807, 2.05) is 0 Å². The van der Waals surface area contributed by atoms with Gasteiger partial charge in [-0.2, -0.15) is 0 Å². The van der Waals surface area contributed by atoms with Crippen molar-refractivity contribution in [3.05, 3.63) is 79.8 Å². The fourth-order valence-electron chi connectivity index (χ4n) is 9.31. The molecule has 11 rings (SSSR count). The molecule has 0 radical (unpaired) electrons. The van der Waals surface area contributed by atoms with Crippen LogP contribution in [-0.4, -0.2) is 249 Å². The summed E-state index contributed by atoms with van der Waals surface area (Å²) in [6.07, 6.45) is 6.61. The van der Waals surface area contributed by atoms with Crippen molar-refractivity contribution in [3.63, 3.8) is 0 Å². The average Bonchev–Trinajstić information content (AvgIpc) is 3.01. The number of halogens is 3. The number of likely N-dealkylation sites (N-methyl/N-ethyl adjacent to an activating group) is 2. The zero-order valence-corrected chi connectivity index (χ0v) is 52.4. The highest BCUT2D eigenvalue weighted by Gasteiger charge is 2.27. The molecule has 0 bridgehead atoms. The Morgan fingerprint density at radius 2 is 0.814 bits per heavy atom. The number of rotatable bonds is 15. The van der Waals surface area contributed by atoms with Gasteiger partial charge in [-0.1, -0.05) is 38.8 Å². The summed E-state index contributed by atoms with van der Waals surface area (Å²) in [5, 5.41) is 9.37. The summed E-state index contributed by atoms with van der Waals surface area (Å²) in [7, 11) is 3.92. The Morgan fingerprint density at radius 3 is 1.14 bits per heavy atom. The second-order valence-electron chi connectivity index (χ2n) is 21.2. The predicted molar refractivity (Wildman–Crippen MR) is 322 cm³/mol. The summed E-state index contributed by atoms with van der Waals surface area (Å²) < 4.78 is 34.0. The zero-order valence-electron chi connectivity index (χ0n) is 50.2. The molecule has 29 heteroatoms. The molecule has 0 aromatic carbocycles. The number of nitrogens with two attached hydrogens (primary N) is 1. The summed E-state index contributed by atoms with van der Waals surface area (Å²) in [4.78, 5) is 89.9. The Kier molecular flexibility index (Phi) is 29.6. The van der Waals surface area contributed by atoms with Crippen molar-refractivity contribution in [1.82, 2.24) is 54.6 Å². The summed E-state index contributed by atoms with van der Waals surface area (Å²) in [6.45, 7) is 25.9. The van der Waals surface area contributed by atoms with E-state index in [0.717, 1.165) is 155 Å². The summed E-state index contributed by atoms with van der Waals surface area (Å²) in [6, 6.07) is 6.56. The van der Waals surface area contributed by atoms with E-state index in [0.29, 0.717) is 41.4 Å². The lowest BCUT2D eigenvalue weighted by Gasteiger charge is -2.34. The number of esters is 3. The molecule has 474 valence electrons. The minimum Gasteiger partial charge on any atom is -0.477 e. The van der Waals surface area contributed by atoms with Crippen LogP contribution in [0.25, 0.3) is 0 Å². The SMILES string of the molecule is CCN1CCCCC1.CCN1CCN(c2nc(CC3COC3)cc(C(=O)O)n2)CC1.CCN1CCN(c2nc(CC3COC3)cc(C(=O)OC)n2)CC1.COC(=O)c1cc(CC2COC2)nc(Cl)n1.COC(=O)c1cc(Cl)nc(Cl)n1.NC1COC1. The number of anilines is 2. The van der Waals surface area contributed by atoms with Gasteiger partial charge in [0.2, 0.25) is 22.5 Å². The molecule has 86 heavy (non-hydrogen) atoms. The number of aromatic carboxylic acids is 1. The smallest absolute Gasteiger partial charge is 0.356 e. The quantitative estimate of drug-likeness (QED) is 0.0710. The molecule has 11 heterocycles. The monoisotopic (exact) mass is 1260 g/mol. The van der Waals surface area contributed by atoms with Gasteiger partial charge >= 0.3 is 23.9 Å². The first kappa shape index (κ1) is 69.5. The molecule has 4 aromatic heterocycles. The van der Waals surface area contributed by atoms with Crippen LogP contribution in [-0.2, 0) is 52.4 Å². The van der Waals surface area contributed by atoms with Gasteiger partial charge in [0.05, 0.1) is 80.2 Å². The summed E-state index contributed by atoms with van der Waals surface area (Å²) >= 11 is 16.7. The number of hydrogen-bond donors (Lipinski definition) is 2. The van der Waals surface area contributed by atoms with Gasteiger partial charge in [0.25, 0.3) is 0 Å². The highest BCUT2D eigenvalue weighted by molar-refractivity contribution is 6.32. The second-order valence-corrected chi connectivity index (χ2v) is 22.2. The van der Waals surface area contributed by atoms with Crippen LogP contribution >= 0.6 is 34.8 Å². The molecule has 3 N–H and O–H groups in total. The maximum atomic E-state index is 11.9. The third kappa shape index (κ3) is 23.1. The molecule has 7 fully saturated rings. The number of nitrogens with zero attached hydrogens (tertiary/aromatic N) is 13. The molecule has 4 aromatic rings. The van der Waals surface area contributed by atoms with E-state index in [4.69, 9.17) is 64.2 Å². The molecule has 7 aliphatic heterocycles. The highest BCUT2D eigenvalue weighted by Crippen LogP contribution is 2.23. The van der Waals surface area contributed by atoms with E-state index in [1.165, 1.54) is 66.3 Å².